The van der Waals surface area contributed by atoms with Crippen LogP contribution in [0, 0.1) is 0 Å². The van der Waals surface area contributed by atoms with Crippen LogP contribution >= 0.6 is 11.3 Å². The van der Waals surface area contributed by atoms with Gasteiger partial charge in [0.15, 0.2) is 0 Å². The number of ether oxygens (including phenoxy) is 1. The van der Waals surface area contributed by atoms with Crippen LogP contribution in [-0.4, -0.2) is 22.7 Å². The summed E-state index contributed by atoms with van der Waals surface area (Å²) < 4.78 is 11.1. The molecule has 0 spiro atoms. The third-order valence-corrected chi connectivity index (χ3v) is 4.53. The van der Waals surface area contributed by atoms with Gasteiger partial charge in [-0.3, -0.25) is 4.79 Å². The molecule has 0 radical (unpaired) electrons. The molecule has 0 saturated heterocycles. The Labute approximate surface area is 156 Å². The van der Waals surface area contributed by atoms with Gasteiger partial charge in [0.05, 0.1) is 12.6 Å². The average Bonchev–Trinajstić information content (AvgIpc) is 3.32. The van der Waals surface area contributed by atoms with E-state index in [9.17, 15) is 4.79 Å². The third kappa shape index (κ3) is 4.70. The van der Waals surface area contributed by atoms with E-state index in [4.69, 9.17) is 9.15 Å². The molecule has 0 aliphatic rings. The van der Waals surface area contributed by atoms with Gasteiger partial charge in [0.25, 0.3) is 0 Å². The summed E-state index contributed by atoms with van der Waals surface area (Å²) in [5.74, 6) is 1.70. The monoisotopic (exact) mass is 371 g/mol. The summed E-state index contributed by atoms with van der Waals surface area (Å²) in [7, 11) is 0. The van der Waals surface area contributed by atoms with Gasteiger partial charge in [-0.2, -0.15) is 11.3 Å². The number of aryl methyl sites for hydroxylation is 1. The van der Waals surface area contributed by atoms with Crippen LogP contribution in [0.1, 0.15) is 37.8 Å². The Hall–Kier alpha value is -2.67. The van der Waals surface area contributed by atoms with Gasteiger partial charge in [-0.1, -0.05) is 12.1 Å². The van der Waals surface area contributed by atoms with E-state index in [1.807, 2.05) is 54.9 Å². The number of nitrogens with zero attached hydrogens (tertiary/aromatic N) is 2. The quantitative estimate of drug-likeness (QED) is 0.647. The highest BCUT2D eigenvalue weighted by Gasteiger charge is 2.13. The lowest BCUT2D eigenvalue weighted by Crippen LogP contribution is -2.26. The minimum atomic E-state index is -0.105. The SMILES string of the molecule is CCOc1cccc(C(C)NC(=O)CCc2nnc(-c3ccsc3)o2)c1. The van der Waals surface area contributed by atoms with Crippen molar-refractivity contribution in [3.8, 4) is 17.2 Å². The molecule has 1 aromatic carbocycles. The molecule has 0 fully saturated rings. The summed E-state index contributed by atoms with van der Waals surface area (Å²) in [5.41, 5.74) is 1.91. The van der Waals surface area contributed by atoms with Crippen molar-refractivity contribution in [2.45, 2.75) is 32.7 Å². The lowest BCUT2D eigenvalue weighted by Gasteiger charge is -2.15. The van der Waals surface area contributed by atoms with Gasteiger partial charge in [0.1, 0.15) is 5.75 Å². The van der Waals surface area contributed by atoms with E-state index in [-0.39, 0.29) is 11.9 Å². The fraction of sp³-hybridized carbons (Fsp3) is 0.316. The Balaban J connectivity index is 1.51. The van der Waals surface area contributed by atoms with Gasteiger partial charge in [0, 0.05) is 23.8 Å². The first-order chi connectivity index (χ1) is 12.7. The minimum Gasteiger partial charge on any atom is -0.494 e. The molecule has 0 aliphatic heterocycles. The maximum Gasteiger partial charge on any atom is 0.248 e. The number of rotatable bonds is 8. The first-order valence-corrected chi connectivity index (χ1v) is 9.47. The van der Waals surface area contributed by atoms with Gasteiger partial charge in [0.2, 0.25) is 17.7 Å². The van der Waals surface area contributed by atoms with Crippen molar-refractivity contribution in [1.82, 2.24) is 15.5 Å². The van der Waals surface area contributed by atoms with Crippen LogP contribution < -0.4 is 10.1 Å². The van der Waals surface area contributed by atoms with E-state index in [1.54, 1.807) is 11.3 Å². The molecule has 6 nitrogen and oxygen atoms in total. The predicted octanol–water partition coefficient (Wildman–Crippen LogP) is 4.01. The fourth-order valence-electron chi connectivity index (χ4n) is 2.52. The van der Waals surface area contributed by atoms with E-state index in [2.05, 4.69) is 15.5 Å². The maximum atomic E-state index is 12.2. The third-order valence-electron chi connectivity index (χ3n) is 3.85. The molecular weight excluding hydrogens is 350 g/mol. The molecule has 0 aliphatic carbocycles. The van der Waals surface area contributed by atoms with Crippen molar-refractivity contribution in [3.05, 3.63) is 52.5 Å². The molecule has 3 rings (SSSR count). The Morgan fingerprint density at radius 1 is 1.35 bits per heavy atom. The molecule has 0 bridgehead atoms. The van der Waals surface area contributed by atoms with Crippen molar-refractivity contribution in [2.75, 3.05) is 6.61 Å². The Kier molecular flexibility index (Phi) is 6.01. The summed E-state index contributed by atoms with van der Waals surface area (Å²) >= 11 is 1.57. The van der Waals surface area contributed by atoms with E-state index in [1.165, 1.54) is 0 Å². The molecule has 26 heavy (non-hydrogen) atoms. The van der Waals surface area contributed by atoms with Crippen LogP contribution in [0.2, 0.25) is 0 Å². The number of benzene rings is 1. The highest BCUT2D eigenvalue weighted by molar-refractivity contribution is 7.08. The van der Waals surface area contributed by atoms with Crippen LogP contribution in [0.4, 0.5) is 0 Å². The molecule has 2 aromatic heterocycles. The van der Waals surface area contributed by atoms with Crippen molar-refractivity contribution < 1.29 is 13.9 Å². The lowest BCUT2D eigenvalue weighted by molar-refractivity contribution is -0.121. The van der Waals surface area contributed by atoms with E-state index in [0.717, 1.165) is 16.9 Å². The second-order valence-electron chi connectivity index (χ2n) is 5.81. The summed E-state index contributed by atoms with van der Waals surface area (Å²) in [6.07, 6.45) is 0.704. The van der Waals surface area contributed by atoms with Gasteiger partial charge in [-0.25, -0.2) is 0 Å². The summed E-state index contributed by atoms with van der Waals surface area (Å²) in [6, 6.07) is 9.56. The van der Waals surface area contributed by atoms with Crippen molar-refractivity contribution >= 4 is 17.2 Å². The average molecular weight is 371 g/mol. The molecule has 7 heteroatoms. The van der Waals surface area contributed by atoms with Gasteiger partial charge >= 0.3 is 0 Å². The number of amides is 1. The number of carbonyl (C=O) groups is 1. The number of carbonyl (C=O) groups excluding carboxylic acids is 1. The summed E-state index contributed by atoms with van der Waals surface area (Å²) in [6.45, 7) is 4.51. The van der Waals surface area contributed by atoms with Crippen LogP contribution in [-0.2, 0) is 11.2 Å². The van der Waals surface area contributed by atoms with Crippen molar-refractivity contribution in [2.24, 2.45) is 0 Å². The number of hydrogen-bond acceptors (Lipinski definition) is 6. The molecule has 1 amide bonds. The molecule has 2 heterocycles. The first-order valence-electron chi connectivity index (χ1n) is 8.52. The molecule has 1 atom stereocenters. The lowest BCUT2D eigenvalue weighted by atomic mass is 10.1. The normalized spacial score (nSPS) is 11.9. The van der Waals surface area contributed by atoms with Crippen LogP contribution in [0.25, 0.3) is 11.5 Å². The molecule has 1 unspecified atom stereocenters. The smallest absolute Gasteiger partial charge is 0.248 e. The van der Waals surface area contributed by atoms with Crippen LogP contribution in [0.3, 0.4) is 0 Å². The topological polar surface area (TPSA) is 77.2 Å². The van der Waals surface area contributed by atoms with Crippen molar-refractivity contribution in [1.29, 1.82) is 0 Å². The highest BCUT2D eigenvalue weighted by Crippen LogP contribution is 2.21. The zero-order chi connectivity index (χ0) is 18.4. The molecule has 136 valence electrons. The van der Waals surface area contributed by atoms with Crippen LogP contribution in [0.15, 0.2) is 45.5 Å². The second-order valence-corrected chi connectivity index (χ2v) is 6.59. The van der Waals surface area contributed by atoms with E-state index < -0.39 is 0 Å². The molecule has 0 saturated carbocycles. The van der Waals surface area contributed by atoms with Crippen LogP contribution in [0.5, 0.6) is 5.75 Å². The second kappa shape index (κ2) is 8.62. The Morgan fingerprint density at radius 2 is 2.23 bits per heavy atom. The first kappa shape index (κ1) is 18.1. The zero-order valence-electron chi connectivity index (χ0n) is 14.8. The van der Waals surface area contributed by atoms with E-state index >= 15 is 0 Å². The van der Waals surface area contributed by atoms with Gasteiger partial charge < -0.3 is 14.5 Å². The molecule has 1 N–H and O–H groups in total. The number of nitrogens with one attached hydrogen (secondary N) is 1. The molecule has 3 aromatic rings. The summed E-state index contributed by atoms with van der Waals surface area (Å²) in [4.78, 5) is 12.2. The fourth-order valence-corrected chi connectivity index (χ4v) is 3.14. The highest BCUT2D eigenvalue weighted by atomic mass is 32.1. The maximum absolute atomic E-state index is 12.2. The predicted molar refractivity (Wildman–Crippen MR) is 100 cm³/mol. The zero-order valence-corrected chi connectivity index (χ0v) is 15.6. The number of aromatic nitrogens is 2. The number of thiophene rings is 1. The van der Waals surface area contributed by atoms with E-state index in [0.29, 0.717) is 31.2 Å². The Bertz CT molecular complexity index is 845. The number of hydrogen-bond donors (Lipinski definition) is 1. The van der Waals surface area contributed by atoms with Gasteiger partial charge in [-0.05, 0) is 43.0 Å². The minimum absolute atomic E-state index is 0.0606. The summed E-state index contributed by atoms with van der Waals surface area (Å²) in [5, 5.41) is 14.9. The largest absolute Gasteiger partial charge is 0.494 e. The standard InChI is InChI=1S/C19H21N3O3S/c1-3-24-16-6-4-5-14(11-16)13(2)20-17(23)7-8-18-21-22-19(25-18)15-9-10-26-12-15/h4-6,9-13H,3,7-8H2,1-2H3,(H,20,23). The van der Waals surface area contributed by atoms with Crippen molar-refractivity contribution in [3.63, 3.8) is 0 Å². The van der Waals surface area contributed by atoms with Gasteiger partial charge in [-0.15, -0.1) is 10.2 Å². The molecular formula is C19H21N3O3S. The Morgan fingerprint density at radius 3 is 3.00 bits per heavy atom.